The fourth-order valence-electron chi connectivity index (χ4n) is 3.74. The number of halogens is 3. The van der Waals surface area contributed by atoms with Crippen molar-refractivity contribution in [2.24, 2.45) is 5.10 Å². The van der Waals surface area contributed by atoms with E-state index >= 15 is 0 Å². The van der Waals surface area contributed by atoms with E-state index in [0.29, 0.717) is 26.6 Å². The largest absolute Gasteiger partial charge is 0.493 e. The van der Waals surface area contributed by atoms with Crippen LogP contribution in [0.4, 0.5) is 5.69 Å². The second-order valence-electron chi connectivity index (χ2n) is 8.48. The fourth-order valence-corrected chi connectivity index (χ4v) is 6.25. The molecule has 1 N–H and O–H groups in total. The number of amides is 1. The van der Waals surface area contributed by atoms with E-state index in [0.717, 1.165) is 9.87 Å². The highest BCUT2D eigenvalue weighted by Gasteiger charge is 2.28. The Labute approximate surface area is 256 Å². The minimum atomic E-state index is -4.11. The van der Waals surface area contributed by atoms with Gasteiger partial charge in [0.2, 0.25) is 0 Å². The number of methoxy groups -OCH3 is 1. The Kier molecular flexibility index (Phi) is 10.3. The summed E-state index contributed by atoms with van der Waals surface area (Å²) in [4.78, 5) is 12.9. The van der Waals surface area contributed by atoms with Crippen LogP contribution in [-0.4, -0.2) is 34.2 Å². The number of benzene rings is 4. The van der Waals surface area contributed by atoms with Gasteiger partial charge < -0.3 is 9.47 Å². The molecule has 4 aromatic carbocycles. The third kappa shape index (κ3) is 7.59. The van der Waals surface area contributed by atoms with Crippen LogP contribution in [0.15, 0.2) is 105 Å². The summed E-state index contributed by atoms with van der Waals surface area (Å²) < 4.78 is 39.8. The number of sulfonamides is 1. The molecule has 41 heavy (non-hydrogen) atoms. The fraction of sp³-hybridized carbons (Fsp3) is 0.103. The van der Waals surface area contributed by atoms with Gasteiger partial charge in [0.05, 0.1) is 33.4 Å². The number of ether oxygens (including phenoxy) is 2. The van der Waals surface area contributed by atoms with E-state index in [2.05, 4.69) is 26.5 Å². The quantitative estimate of drug-likeness (QED) is 0.141. The maximum atomic E-state index is 13.4. The second-order valence-corrected chi connectivity index (χ2v) is 12.0. The Morgan fingerprint density at radius 1 is 0.976 bits per heavy atom. The minimum Gasteiger partial charge on any atom is -0.493 e. The van der Waals surface area contributed by atoms with E-state index in [-0.39, 0.29) is 22.2 Å². The summed E-state index contributed by atoms with van der Waals surface area (Å²) in [5, 5.41) is 4.77. The van der Waals surface area contributed by atoms with Crippen molar-refractivity contribution < 1.29 is 22.7 Å². The second kappa shape index (κ2) is 13.9. The van der Waals surface area contributed by atoms with Gasteiger partial charge in [-0.25, -0.2) is 13.8 Å². The number of rotatable bonds is 11. The molecular formula is C29H24BrCl2N3O5S. The van der Waals surface area contributed by atoms with Crippen molar-refractivity contribution in [3.8, 4) is 11.5 Å². The smallest absolute Gasteiger partial charge is 0.264 e. The molecule has 0 aliphatic rings. The molecule has 0 spiro atoms. The van der Waals surface area contributed by atoms with Crippen LogP contribution < -0.4 is 19.2 Å². The van der Waals surface area contributed by atoms with Crippen molar-refractivity contribution in [1.29, 1.82) is 0 Å². The number of hydrogen-bond donors (Lipinski definition) is 1. The van der Waals surface area contributed by atoms with Gasteiger partial charge in [0, 0.05) is 10.6 Å². The van der Waals surface area contributed by atoms with Gasteiger partial charge in [-0.3, -0.25) is 9.10 Å². The number of carbonyl (C=O) groups is 1. The summed E-state index contributed by atoms with van der Waals surface area (Å²) >= 11 is 16.0. The third-order valence-corrected chi connectivity index (χ3v) is 8.78. The normalized spacial score (nSPS) is 11.3. The topological polar surface area (TPSA) is 97.3 Å². The van der Waals surface area contributed by atoms with Crippen LogP contribution >= 0.6 is 39.1 Å². The molecule has 8 nitrogen and oxygen atoms in total. The molecular weight excluding hydrogens is 653 g/mol. The zero-order chi connectivity index (χ0) is 29.4. The van der Waals surface area contributed by atoms with Gasteiger partial charge in [-0.05, 0) is 64.0 Å². The molecule has 0 atom stereocenters. The Morgan fingerprint density at radius 2 is 1.63 bits per heavy atom. The van der Waals surface area contributed by atoms with Gasteiger partial charge in [0.1, 0.15) is 13.2 Å². The van der Waals surface area contributed by atoms with Crippen molar-refractivity contribution in [3.63, 3.8) is 0 Å². The number of anilines is 1. The van der Waals surface area contributed by atoms with E-state index in [1.807, 2.05) is 18.2 Å². The number of nitrogens with one attached hydrogen (secondary N) is 1. The monoisotopic (exact) mass is 675 g/mol. The lowest BCUT2D eigenvalue weighted by atomic mass is 10.2. The highest BCUT2D eigenvalue weighted by atomic mass is 79.9. The molecule has 4 rings (SSSR count). The van der Waals surface area contributed by atoms with Crippen molar-refractivity contribution in [2.75, 3.05) is 18.0 Å². The first kappa shape index (κ1) is 30.4. The Morgan fingerprint density at radius 3 is 2.32 bits per heavy atom. The predicted octanol–water partition coefficient (Wildman–Crippen LogP) is 6.69. The molecule has 0 saturated carbocycles. The molecule has 0 aromatic heterocycles. The summed E-state index contributed by atoms with van der Waals surface area (Å²) in [6.45, 7) is -0.327. The summed E-state index contributed by atoms with van der Waals surface area (Å²) in [6.07, 6.45) is 1.40. The number of hydrazone groups is 1. The van der Waals surface area contributed by atoms with Gasteiger partial charge in [0.15, 0.2) is 11.5 Å². The molecule has 4 aromatic rings. The van der Waals surface area contributed by atoms with E-state index in [4.69, 9.17) is 32.7 Å². The van der Waals surface area contributed by atoms with Crippen LogP contribution in [0.1, 0.15) is 11.1 Å². The van der Waals surface area contributed by atoms with E-state index in [9.17, 15) is 13.2 Å². The lowest BCUT2D eigenvalue weighted by molar-refractivity contribution is -0.119. The van der Waals surface area contributed by atoms with Gasteiger partial charge in [-0.1, -0.05) is 71.7 Å². The highest BCUT2D eigenvalue weighted by molar-refractivity contribution is 9.10. The van der Waals surface area contributed by atoms with Crippen molar-refractivity contribution in [1.82, 2.24) is 5.43 Å². The minimum absolute atomic E-state index is 0.0185. The van der Waals surface area contributed by atoms with Crippen molar-refractivity contribution >= 4 is 67.0 Å². The maximum Gasteiger partial charge on any atom is 0.264 e. The van der Waals surface area contributed by atoms with Crippen LogP contribution in [0.25, 0.3) is 0 Å². The van der Waals surface area contributed by atoms with E-state index < -0.39 is 22.5 Å². The van der Waals surface area contributed by atoms with Crippen LogP contribution in [0.3, 0.4) is 0 Å². The molecule has 212 valence electrons. The molecule has 0 radical (unpaired) electrons. The number of hydrogen-bond acceptors (Lipinski definition) is 6. The molecule has 0 heterocycles. The van der Waals surface area contributed by atoms with Crippen LogP contribution in [0, 0.1) is 0 Å². The number of carbonyl (C=O) groups excluding carboxylic acids is 1. The molecule has 0 unspecified atom stereocenters. The zero-order valence-electron chi connectivity index (χ0n) is 21.6. The van der Waals surface area contributed by atoms with Crippen molar-refractivity contribution in [3.05, 3.63) is 117 Å². The number of nitrogens with zero attached hydrogens (tertiary/aromatic N) is 2. The highest BCUT2D eigenvalue weighted by Crippen LogP contribution is 2.37. The molecule has 0 aliphatic carbocycles. The van der Waals surface area contributed by atoms with Crippen molar-refractivity contribution in [2.45, 2.75) is 11.5 Å². The summed E-state index contributed by atoms with van der Waals surface area (Å²) in [5.41, 5.74) is 3.94. The maximum absolute atomic E-state index is 13.4. The molecule has 0 bridgehead atoms. The van der Waals surface area contributed by atoms with E-state index in [1.54, 1.807) is 54.6 Å². The first-order chi connectivity index (χ1) is 19.7. The Hall–Kier alpha value is -3.57. The van der Waals surface area contributed by atoms with Gasteiger partial charge in [-0.2, -0.15) is 5.10 Å². The van der Waals surface area contributed by atoms with E-state index in [1.165, 1.54) is 31.5 Å². The van der Waals surface area contributed by atoms with Crippen LogP contribution in [-0.2, 0) is 21.4 Å². The predicted molar refractivity (Wildman–Crippen MR) is 165 cm³/mol. The molecule has 0 aliphatic heterocycles. The molecule has 1 amide bonds. The third-order valence-electron chi connectivity index (χ3n) is 5.72. The molecule has 12 heteroatoms. The lowest BCUT2D eigenvalue weighted by Gasteiger charge is -2.24. The summed E-state index contributed by atoms with van der Waals surface area (Å²) in [6, 6.07) is 24.9. The van der Waals surface area contributed by atoms with Gasteiger partial charge >= 0.3 is 0 Å². The average Bonchev–Trinajstić information content (AvgIpc) is 2.97. The standard InChI is InChI=1S/C29H24BrCl2N3O5S/c1-39-27-16-20(15-23(30)29(27)40-19-21-9-5-6-12-24(21)31)17-33-34-28(36)18-35(26-14-8-7-13-25(26)32)41(37,38)22-10-3-2-4-11-22/h2-17H,18-19H2,1H3,(H,34,36)/b33-17-. The van der Waals surface area contributed by atoms with Crippen LogP contribution in [0.2, 0.25) is 10.0 Å². The average molecular weight is 677 g/mol. The number of para-hydroxylation sites is 1. The molecule has 0 saturated heterocycles. The first-order valence-electron chi connectivity index (χ1n) is 12.1. The SMILES string of the molecule is COc1cc(/C=N\NC(=O)CN(c2ccccc2Cl)S(=O)(=O)c2ccccc2)cc(Br)c1OCc1ccccc1Cl. The van der Waals surface area contributed by atoms with Crippen LogP contribution in [0.5, 0.6) is 11.5 Å². The Balaban J connectivity index is 1.49. The summed E-state index contributed by atoms with van der Waals surface area (Å²) in [5.74, 6) is 0.222. The lowest BCUT2D eigenvalue weighted by Crippen LogP contribution is -2.39. The zero-order valence-corrected chi connectivity index (χ0v) is 25.5. The van der Waals surface area contributed by atoms with Gasteiger partial charge in [0.25, 0.3) is 15.9 Å². The first-order valence-corrected chi connectivity index (χ1v) is 15.1. The van der Waals surface area contributed by atoms with Gasteiger partial charge in [-0.15, -0.1) is 0 Å². The summed E-state index contributed by atoms with van der Waals surface area (Å²) in [7, 11) is -2.60. The molecule has 0 fully saturated rings. The Bertz CT molecular complexity index is 1670.